The first kappa shape index (κ1) is 15.3. The molecular weight excluding hydrogens is 295 g/mol. The summed E-state index contributed by atoms with van der Waals surface area (Å²) in [6.45, 7) is 3.09. The van der Waals surface area contributed by atoms with E-state index in [1.807, 2.05) is 29.2 Å². The van der Waals surface area contributed by atoms with Gasteiger partial charge in [0, 0.05) is 37.9 Å². The number of nitrogen functional groups attached to an aromatic ring is 2. The second-order valence-electron chi connectivity index (χ2n) is 5.60. The van der Waals surface area contributed by atoms with Crippen molar-refractivity contribution in [2.24, 2.45) is 0 Å². The maximum absolute atomic E-state index is 14.1. The standard InChI is InChI=1S/C17H21FN4O/c1-23-13-4-2-12(3-5-13)21-6-8-22(9-7-21)17-11-16(20)15(19)10-14(17)18/h2-5,10-11H,6-9,19-20H2,1H3. The molecule has 4 N–H and O–H groups in total. The molecule has 2 aromatic rings. The molecule has 3 rings (SSSR count). The van der Waals surface area contributed by atoms with Gasteiger partial charge in [-0.05, 0) is 30.3 Å². The van der Waals surface area contributed by atoms with Crippen LogP contribution in [0.3, 0.4) is 0 Å². The Morgan fingerprint density at radius 1 is 0.913 bits per heavy atom. The van der Waals surface area contributed by atoms with Gasteiger partial charge >= 0.3 is 0 Å². The molecule has 0 bridgehead atoms. The number of piperazine rings is 1. The zero-order valence-electron chi connectivity index (χ0n) is 13.1. The van der Waals surface area contributed by atoms with E-state index in [0.717, 1.165) is 37.6 Å². The third kappa shape index (κ3) is 3.11. The minimum atomic E-state index is -0.324. The molecule has 122 valence electrons. The Morgan fingerprint density at radius 2 is 1.48 bits per heavy atom. The summed E-state index contributed by atoms with van der Waals surface area (Å²) in [6.07, 6.45) is 0. The molecule has 5 nitrogen and oxygen atoms in total. The van der Waals surface area contributed by atoms with Gasteiger partial charge in [-0.25, -0.2) is 4.39 Å². The molecule has 1 aliphatic rings. The molecule has 0 aromatic heterocycles. The largest absolute Gasteiger partial charge is 0.497 e. The molecule has 0 aliphatic carbocycles. The molecule has 1 saturated heterocycles. The lowest BCUT2D eigenvalue weighted by molar-refractivity contribution is 0.415. The van der Waals surface area contributed by atoms with E-state index >= 15 is 0 Å². The van der Waals surface area contributed by atoms with E-state index < -0.39 is 0 Å². The van der Waals surface area contributed by atoms with Gasteiger partial charge in [0.05, 0.1) is 24.2 Å². The smallest absolute Gasteiger partial charge is 0.148 e. The molecule has 0 radical (unpaired) electrons. The number of anilines is 4. The van der Waals surface area contributed by atoms with E-state index in [2.05, 4.69) is 4.90 Å². The molecular formula is C17H21FN4O. The number of hydrogen-bond acceptors (Lipinski definition) is 5. The first-order valence-corrected chi connectivity index (χ1v) is 7.57. The van der Waals surface area contributed by atoms with Crippen molar-refractivity contribution in [3.63, 3.8) is 0 Å². The minimum absolute atomic E-state index is 0.281. The van der Waals surface area contributed by atoms with Crippen LogP contribution in [-0.4, -0.2) is 33.3 Å². The number of ether oxygens (including phenoxy) is 1. The van der Waals surface area contributed by atoms with Crippen LogP contribution in [-0.2, 0) is 0 Å². The van der Waals surface area contributed by atoms with E-state index in [1.54, 1.807) is 13.2 Å². The summed E-state index contributed by atoms with van der Waals surface area (Å²) in [4.78, 5) is 4.28. The zero-order chi connectivity index (χ0) is 16.4. The van der Waals surface area contributed by atoms with Crippen molar-refractivity contribution in [3.05, 3.63) is 42.2 Å². The van der Waals surface area contributed by atoms with Crippen molar-refractivity contribution in [1.82, 2.24) is 0 Å². The lowest BCUT2D eigenvalue weighted by Crippen LogP contribution is -2.46. The molecule has 2 aromatic carbocycles. The Hall–Kier alpha value is -2.63. The van der Waals surface area contributed by atoms with Crippen LogP contribution in [0.5, 0.6) is 5.75 Å². The topological polar surface area (TPSA) is 67.8 Å². The maximum Gasteiger partial charge on any atom is 0.148 e. The molecule has 0 amide bonds. The van der Waals surface area contributed by atoms with Crippen LogP contribution in [0.1, 0.15) is 0 Å². The van der Waals surface area contributed by atoms with Crippen molar-refractivity contribution in [2.45, 2.75) is 0 Å². The van der Waals surface area contributed by atoms with Crippen LogP contribution in [0, 0.1) is 5.82 Å². The molecule has 23 heavy (non-hydrogen) atoms. The molecule has 0 unspecified atom stereocenters. The highest BCUT2D eigenvalue weighted by Gasteiger charge is 2.20. The zero-order valence-corrected chi connectivity index (χ0v) is 13.1. The van der Waals surface area contributed by atoms with Crippen molar-refractivity contribution in [3.8, 4) is 5.75 Å². The second kappa shape index (κ2) is 6.24. The summed E-state index contributed by atoms with van der Waals surface area (Å²) < 4.78 is 19.3. The average Bonchev–Trinajstić information content (AvgIpc) is 2.58. The molecule has 1 fully saturated rings. The normalized spacial score (nSPS) is 14.9. The first-order chi connectivity index (χ1) is 11.1. The van der Waals surface area contributed by atoms with Gasteiger partial charge in [0.2, 0.25) is 0 Å². The quantitative estimate of drug-likeness (QED) is 0.851. The molecule has 1 aliphatic heterocycles. The Morgan fingerprint density at radius 3 is 2.09 bits per heavy atom. The van der Waals surface area contributed by atoms with Crippen molar-refractivity contribution >= 4 is 22.7 Å². The van der Waals surface area contributed by atoms with Crippen molar-refractivity contribution in [1.29, 1.82) is 0 Å². The van der Waals surface area contributed by atoms with E-state index in [9.17, 15) is 4.39 Å². The number of hydrogen-bond donors (Lipinski definition) is 2. The van der Waals surface area contributed by atoms with Gasteiger partial charge in [-0.2, -0.15) is 0 Å². The van der Waals surface area contributed by atoms with Gasteiger partial charge in [0.1, 0.15) is 11.6 Å². The molecule has 0 saturated carbocycles. The average molecular weight is 316 g/mol. The molecule has 0 atom stereocenters. The van der Waals surface area contributed by atoms with Crippen LogP contribution in [0.15, 0.2) is 36.4 Å². The SMILES string of the molecule is COc1ccc(N2CCN(c3cc(N)c(N)cc3F)CC2)cc1. The number of nitrogens with two attached hydrogens (primary N) is 2. The van der Waals surface area contributed by atoms with Gasteiger partial charge in [0.15, 0.2) is 0 Å². The predicted molar refractivity (Wildman–Crippen MR) is 92.6 cm³/mol. The fraction of sp³-hybridized carbons (Fsp3) is 0.294. The number of rotatable bonds is 3. The van der Waals surface area contributed by atoms with Gasteiger partial charge in [0.25, 0.3) is 0 Å². The first-order valence-electron chi connectivity index (χ1n) is 7.57. The van der Waals surface area contributed by atoms with Crippen LogP contribution in [0.4, 0.5) is 27.1 Å². The monoisotopic (exact) mass is 316 g/mol. The van der Waals surface area contributed by atoms with E-state index in [0.29, 0.717) is 11.4 Å². The van der Waals surface area contributed by atoms with E-state index in [1.165, 1.54) is 6.07 Å². The predicted octanol–water partition coefficient (Wildman–Crippen LogP) is 2.33. The molecule has 1 heterocycles. The third-order valence-corrected chi connectivity index (χ3v) is 4.21. The van der Waals surface area contributed by atoms with Crippen molar-refractivity contribution < 1.29 is 9.13 Å². The summed E-state index contributed by atoms with van der Waals surface area (Å²) in [5, 5.41) is 0. The van der Waals surface area contributed by atoms with Gasteiger partial charge in [-0.15, -0.1) is 0 Å². The Bertz CT molecular complexity index is 682. The Labute approximate surface area is 135 Å². The third-order valence-electron chi connectivity index (χ3n) is 4.21. The van der Waals surface area contributed by atoms with E-state index in [-0.39, 0.29) is 11.5 Å². The maximum atomic E-state index is 14.1. The lowest BCUT2D eigenvalue weighted by Gasteiger charge is -2.37. The summed E-state index contributed by atoms with van der Waals surface area (Å²) >= 11 is 0. The Balaban J connectivity index is 1.69. The molecule has 0 spiro atoms. The number of benzene rings is 2. The highest BCUT2D eigenvalue weighted by molar-refractivity contribution is 5.70. The minimum Gasteiger partial charge on any atom is -0.497 e. The van der Waals surface area contributed by atoms with Gasteiger partial charge < -0.3 is 26.0 Å². The second-order valence-corrected chi connectivity index (χ2v) is 5.60. The number of halogens is 1. The van der Waals surface area contributed by atoms with Crippen LogP contribution >= 0.6 is 0 Å². The summed E-state index contributed by atoms with van der Waals surface area (Å²) in [5.41, 5.74) is 13.8. The van der Waals surface area contributed by atoms with E-state index in [4.69, 9.17) is 16.2 Å². The van der Waals surface area contributed by atoms with Gasteiger partial charge in [-0.3, -0.25) is 0 Å². The van der Waals surface area contributed by atoms with Crippen molar-refractivity contribution in [2.75, 3.05) is 54.6 Å². The highest BCUT2D eigenvalue weighted by Crippen LogP contribution is 2.29. The fourth-order valence-electron chi connectivity index (χ4n) is 2.83. The van der Waals surface area contributed by atoms with Gasteiger partial charge in [-0.1, -0.05) is 0 Å². The van der Waals surface area contributed by atoms with Crippen LogP contribution in [0.25, 0.3) is 0 Å². The van der Waals surface area contributed by atoms with Crippen LogP contribution < -0.4 is 26.0 Å². The lowest BCUT2D eigenvalue weighted by atomic mass is 10.2. The highest BCUT2D eigenvalue weighted by atomic mass is 19.1. The number of nitrogens with zero attached hydrogens (tertiary/aromatic N) is 2. The molecule has 6 heteroatoms. The fourth-order valence-corrected chi connectivity index (χ4v) is 2.83. The summed E-state index contributed by atoms with van der Waals surface area (Å²) in [7, 11) is 1.65. The van der Waals surface area contributed by atoms with Crippen LogP contribution in [0.2, 0.25) is 0 Å². The summed E-state index contributed by atoms with van der Waals surface area (Å²) in [6, 6.07) is 10.9. The Kier molecular flexibility index (Phi) is 4.14. The summed E-state index contributed by atoms with van der Waals surface area (Å²) in [5.74, 6) is 0.515. The number of methoxy groups -OCH3 is 1.